The van der Waals surface area contributed by atoms with Gasteiger partial charge in [-0.25, -0.2) is 13.1 Å². The van der Waals surface area contributed by atoms with Crippen molar-refractivity contribution in [2.24, 2.45) is 0 Å². The lowest BCUT2D eigenvalue weighted by atomic mass is 10.1. The third-order valence-corrected chi connectivity index (χ3v) is 3.53. The van der Waals surface area contributed by atoms with Crippen LogP contribution < -0.4 is 4.72 Å². The molecule has 0 aromatic heterocycles. The zero-order valence-electron chi connectivity index (χ0n) is 11.2. The predicted molar refractivity (Wildman–Crippen MR) is 68.7 cm³/mol. The van der Waals surface area contributed by atoms with E-state index >= 15 is 0 Å². The lowest BCUT2D eigenvalue weighted by Gasteiger charge is -2.32. The van der Waals surface area contributed by atoms with E-state index in [4.69, 9.17) is 4.74 Å². The molecule has 1 rings (SSSR count). The Balaban J connectivity index is 2.33. The molecule has 106 valence electrons. The van der Waals surface area contributed by atoms with Gasteiger partial charge in [-0.1, -0.05) is 0 Å². The maximum absolute atomic E-state index is 11.8. The quantitative estimate of drug-likeness (QED) is 0.765. The van der Waals surface area contributed by atoms with Crippen LogP contribution >= 0.6 is 0 Å². The lowest BCUT2D eigenvalue weighted by molar-refractivity contribution is -0.138. The number of amides is 1. The molecule has 1 saturated heterocycles. The van der Waals surface area contributed by atoms with Gasteiger partial charge in [-0.3, -0.25) is 4.79 Å². The second-order valence-electron chi connectivity index (χ2n) is 4.90. The van der Waals surface area contributed by atoms with E-state index in [-0.39, 0.29) is 24.7 Å². The first kappa shape index (κ1) is 15.4. The highest BCUT2D eigenvalue weighted by Gasteiger charge is 2.24. The number of carbonyl (C=O) groups excluding carboxylic acids is 1. The molecule has 7 heteroatoms. The van der Waals surface area contributed by atoms with Crippen LogP contribution in [0.2, 0.25) is 0 Å². The number of sulfonamides is 1. The summed E-state index contributed by atoms with van der Waals surface area (Å²) in [5, 5.41) is 0. The van der Waals surface area contributed by atoms with Crippen LogP contribution in [0.3, 0.4) is 0 Å². The van der Waals surface area contributed by atoms with Crippen LogP contribution in [0.5, 0.6) is 0 Å². The zero-order valence-corrected chi connectivity index (χ0v) is 12.0. The Morgan fingerprint density at radius 2 is 1.94 bits per heavy atom. The number of nitrogens with zero attached hydrogens (tertiary/aromatic N) is 1. The van der Waals surface area contributed by atoms with Gasteiger partial charge < -0.3 is 9.64 Å². The monoisotopic (exact) mass is 278 g/mol. The largest absolute Gasteiger partial charge is 0.369 e. The van der Waals surface area contributed by atoms with E-state index in [0.717, 1.165) is 6.26 Å². The van der Waals surface area contributed by atoms with Crippen molar-refractivity contribution in [3.63, 3.8) is 0 Å². The normalized spacial score (nSPS) is 18.3. The molecule has 1 heterocycles. The fraction of sp³-hybridized carbons (Fsp3) is 0.909. The third-order valence-electron chi connectivity index (χ3n) is 2.77. The van der Waals surface area contributed by atoms with Gasteiger partial charge in [-0.2, -0.15) is 0 Å². The summed E-state index contributed by atoms with van der Waals surface area (Å²) in [6, 6.07) is -0.0601. The van der Waals surface area contributed by atoms with Crippen LogP contribution in [0.4, 0.5) is 0 Å². The SMILES string of the molecule is CC(C)OCC(=O)N1CCC(NS(C)(=O)=O)CC1. The van der Waals surface area contributed by atoms with Gasteiger partial charge in [-0.05, 0) is 26.7 Å². The topological polar surface area (TPSA) is 75.7 Å². The van der Waals surface area contributed by atoms with Crippen molar-refractivity contribution in [2.75, 3.05) is 26.0 Å². The number of carbonyl (C=O) groups is 1. The van der Waals surface area contributed by atoms with Crippen LogP contribution in [0.25, 0.3) is 0 Å². The molecule has 0 aliphatic carbocycles. The number of piperidine rings is 1. The summed E-state index contributed by atoms with van der Waals surface area (Å²) >= 11 is 0. The van der Waals surface area contributed by atoms with Crippen molar-refractivity contribution in [3.05, 3.63) is 0 Å². The van der Waals surface area contributed by atoms with Gasteiger partial charge in [0.15, 0.2) is 0 Å². The molecule has 0 saturated carbocycles. The summed E-state index contributed by atoms with van der Waals surface area (Å²) in [5.74, 6) is -0.0264. The van der Waals surface area contributed by atoms with Crippen LogP contribution in [0.15, 0.2) is 0 Å². The second kappa shape index (κ2) is 6.49. The molecule has 18 heavy (non-hydrogen) atoms. The summed E-state index contributed by atoms with van der Waals surface area (Å²) in [5.41, 5.74) is 0. The summed E-state index contributed by atoms with van der Waals surface area (Å²) in [4.78, 5) is 13.5. The first-order chi connectivity index (χ1) is 8.28. The Morgan fingerprint density at radius 3 is 2.39 bits per heavy atom. The first-order valence-corrected chi connectivity index (χ1v) is 8.04. The Labute approximate surface area is 109 Å². The molecule has 1 aliphatic heterocycles. The van der Waals surface area contributed by atoms with Crippen molar-refractivity contribution in [1.29, 1.82) is 0 Å². The molecule has 0 radical (unpaired) electrons. The van der Waals surface area contributed by atoms with Crippen molar-refractivity contribution in [3.8, 4) is 0 Å². The van der Waals surface area contributed by atoms with Gasteiger partial charge >= 0.3 is 0 Å². The molecule has 0 spiro atoms. The van der Waals surface area contributed by atoms with Gasteiger partial charge in [-0.15, -0.1) is 0 Å². The summed E-state index contributed by atoms with van der Waals surface area (Å²) in [6.45, 7) is 5.02. The highest BCUT2D eigenvalue weighted by atomic mass is 32.2. The smallest absolute Gasteiger partial charge is 0.248 e. The van der Waals surface area contributed by atoms with Gasteiger partial charge in [0.2, 0.25) is 15.9 Å². The number of hydrogen-bond acceptors (Lipinski definition) is 4. The first-order valence-electron chi connectivity index (χ1n) is 6.14. The number of hydrogen-bond donors (Lipinski definition) is 1. The molecule has 6 nitrogen and oxygen atoms in total. The Kier molecular flexibility index (Phi) is 5.55. The van der Waals surface area contributed by atoms with E-state index in [1.165, 1.54) is 0 Å². The van der Waals surface area contributed by atoms with Crippen LogP contribution in [0.1, 0.15) is 26.7 Å². The maximum Gasteiger partial charge on any atom is 0.248 e. The molecule has 1 N–H and O–H groups in total. The molecular weight excluding hydrogens is 256 g/mol. The molecule has 0 unspecified atom stereocenters. The van der Waals surface area contributed by atoms with Gasteiger partial charge in [0.05, 0.1) is 12.4 Å². The van der Waals surface area contributed by atoms with Crippen LogP contribution in [-0.2, 0) is 19.6 Å². The summed E-state index contributed by atoms with van der Waals surface area (Å²) < 4.78 is 30.0. The zero-order chi connectivity index (χ0) is 13.8. The average molecular weight is 278 g/mol. The number of nitrogens with one attached hydrogen (secondary N) is 1. The van der Waals surface area contributed by atoms with E-state index in [2.05, 4.69) is 4.72 Å². The summed E-state index contributed by atoms with van der Waals surface area (Å²) in [6.07, 6.45) is 2.50. The number of rotatable bonds is 5. The highest BCUT2D eigenvalue weighted by Crippen LogP contribution is 2.11. The molecule has 1 fully saturated rings. The Bertz CT molecular complexity index is 373. The Hall–Kier alpha value is -0.660. The predicted octanol–water partition coefficient (Wildman–Crippen LogP) is -0.0484. The molecule has 0 aromatic rings. The standard InChI is InChI=1S/C11H22N2O4S/c1-9(2)17-8-11(14)13-6-4-10(5-7-13)12-18(3,15)16/h9-10,12H,4-8H2,1-3H3. The summed E-state index contributed by atoms with van der Waals surface area (Å²) in [7, 11) is -3.16. The second-order valence-corrected chi connectivity index (χ2v) is 6.68. The van der Waals surface area contributed by atoms with Crippen LogP contribution in [-0.4, -0.2) is 57.3 Å². The fourth-order valence-electron chi connectivity index (χ4n) is 1.88. The van der Waals surface area contributed by atoms with E-state index in [1.54, 1.807) is 4.90 Å². The van der Waals surface area contributed by atoms with Gasteiger partial charge in [0.25, 0.3) is 0 Å². The van der Waals surface area contributed by atoms with E-state index in [1.807, 2.05) is 13.8 Å². The van der Waals surface area contributed by atoms with Crippen molar-refractivity contribution < 1.29 is 17.9 Å². The third kappa shape index (κ3) is 5.79. The van der Waals surface area contributed by atoms with Crippen molar-refractivity contribution in [2.45, 2.75) is 38.8 Å². The number of likely N-dealkylation sites (tertiary alicyclic amines) is 1. The van der Waals surface area contributed by atoms with Crippen molar-refractivity contribution in [1.82, 2.24) is 9.62 Å². The van der Waals surface area contributed by atoms with Gasteiger partial charge in [0.1, 0.15) is 6.61 Å². The molecule has 0 atom stereocenters. The lowest BCUT2D eigenvalue weighted by Crippen LogP contribution is -2.47. The molecule has 1 amide bonds. The van der Waals surface area contributed by atoms with Crippen molar-refractivity contribution >= 4 is 15.9 Å². The maximum atomic E-state index is 11.8. The highest BCUT2D eigenvalue weighted by molar-refractivity contribution is 7.88. The van der Waals surface area contributed by atoms with E-state index < -0.39 is 10.0 Å². The molecule has 0 bridgehead atoms. The van der Waals surface area contributed by atoms with Gasteiger partial charge in [0, 0.05) is 19.1 Å². The fourth-order valence-corrected chi connectivity index (χ4v) is 2.72. The van der Waals surface area contributed by atoms with E-state index in [0.29, 0.717) is 25.9 Å². The Morgan fingerprint density at radius 1 is 1.39 bits per heavy atom. The minimum Gasteiger partial charge on any atom is -0.369 e. The minimum atomic E-state index is -3.16. The molecule has 1 aliphatic rings. The van der Waals surface area contributed by atoms with E-state index in [9.17, 15) is 13.2 Å². The minimum absolute atomic E-state index is 0.0264. The molecular formula is C11H22N2O4S. The molecule has 0 aromatic carbocycles. The average Bonchev–Trinajstić information content (AvgIpc) is 2.24. The van der Waals surface area contributed by atoms with Crippen LogP contribution in [0, 0.1) is 0 Å². The number of ether oxygens (including phenoxy) is 1.